The number of aryl methyl sites for hydroxylation is 1. The van der Waals surface area contributed by atoms with Gasteiger partial charge in [0.2, 0.25) is 0 Å². The summed E-state index contributed by atoms with van der Waals surface area (Å²) in [5.74, 6) is 1.66. The van der Waals surface area contributed by atoms with E-state index >= 15 is 0 Å². The summed E-state index contributed by atoms with van der Waals surface area (Å²) in [5.41, 5.74) is 3.90. The Kier molecular flexibility index (Phi) is 5.52. The second-order valence-electron chi connectivity index (χ2n) is 6.12. The minimum Gasteiger partial charge on any atom is -0.494 e. The first-order valence-corrected chi connectivity index (χ1v) is 8.66. The Morgan fingerprint density at radius 2 is 2.08 bits per heavy atom. The van der Waals surface area contributed by atoms with Gasteiger partial charge in [-0.05, 0) is 43.5 Å². The first-order chi connectivity index (χ1) is 12.2. The summed E-state index contributed by atoms with van der Waals surface area (Å²) in [4.78, 5) is 6.70. The van der Waals surface area contributed by atoms with E-state index in [0.29, 0.717) is 13.2 Å². The number of nitrogens with zero attached hydrogens (tertiary/aromatic N) is 3. The number of ether oxygens (including phenoxy) is 2. The molecule has 0 atom stereocenters. The van der Waals surface area contributed by atoms with Gasteiger partial charge in [-0.25, -0.2) is 0 Å². The standard InChI is InChI=1S/C20H23N3O2/c1-3-24-17-5-4-6-18(11-17)25-10-9-23-8-7-19-16(14-23)13-22-15(2)20(19)12-21/h4-6,11,13H,3,7-10,14H2,1-2H3. The van der Waals surface area contributed by atoms with E-state index in [9.17, 15) is 5.26 Å². The highest BCUT2D eigenvalue weighted by Gasteiger charge is 2.20. The fourth-order valence-corrected chi connectivity index (χ4v) is 3.16. The first-order valence-electron chi connectivity index (χ1n) is 8.66. The maximum Gasteiger partial charge on any atom is 0.123 e. The molecule has 0 saturated carbocycles. The van der Waals surface area contributed by atoms with Crippen molar-refractivity contribution in [3.05, 3.63) is 52.8 Å². The summed E-state index contributed by atoms with van der Waals surface area (Å²) in [6, 6.07) is 10.0. The van der Waals surface area contributed by atoms with Gasteiger partial charge in [-0.2, -0.15) is 5.26 Å². The highest BCUT2D eigenvalue weighted by molar-refractivity contribution is 5.45. The zero-order valence-corrected chi connectivity index (χ0v) is 14.8. The lowest BCUT2D eigenvalue weighted by Gasteiger charge is -2.29. The molecule has 0 saturated heterocycles. The van der Waals surface area contributed by atoms with E-state index in [1.807, 2.05) is 44.3 Å². The van der Waals surface area contributed by atoms with Crippen LogP contribution in [0.5, 0.6) is 11.5 Å². The number of pyridine rings is 1. The third-order valence-electron chi connectivity index (χ3n) is 4.44. The van der Waals surface area contributed by atoms with Crippen LogP contribution in [-0.4, -0.2) is 36.2 Å². The van der Waals surface area contributed by atoms with Crippen molar-refractivity contribution in [3.63, 3.8) is 0 Å². The SMILES string of the molecule is CCOc1cccc(OCCN2CCc3c(cnc(C)c3C#N)C2)c1. The Hall–Kier alpha value is -2.58. The molecule has 130 valence electrons. The van der Waals surface area contributed by atoms with Crippen LogP contribution in [-0.2, 0) is 13.0 Å². The highest BCUT2D eigenvalue weighted by Crippen LogP contribution is 2.23. The maximum absolute atomic E-state index is 9.33. The molecule has 1 aromatic carbocycles. The molecule has 0 unspecified atom stereocenters. The third kappa shape index (κ3) is 4.09. The van der Waals surface area contributed by atoms with Crippen molar-refractivity contribution in [1.29, 1.82) is 5.26 Å². The van der Waals surface area contributed by atoms with E-state index in [2.05, 4.69) is 16.0 Å². The Bertz CT molecular complexity index is 783. The summed E-state index contributed by atoms with van der Waals surface area (Å²) < 4.78 is 11.3. The predicted molar refractivity (Wildman–Crippen MR) is 95.8 cm³/mol. The van der Waals surface area contributed by atoms with Gasteiger partial charge in [0.15, 0.2) is 0 Å². The molecule has 0 radical (unpaired) electrons. The van der Waals surface area contributed by atoms with Crippen molar-refractivity contribution in [3.8, 4) is 17.6 Å². The topological polar surface area (TPSA) is 58.4 Å². The summed E-state index contributed by atoms with van der Waals surface area (Å²) >= 11 is 0. The molecule has 0 aliphatic carbocycles. The van der Waals surface area contributed by atoms with Gasteiger partial charge in [0.1, 0.15) is 24.2 Å². The normalized spacial score (nSPS) is 13.8. The van der Waals surface area contributed by atoms with Gasteiger partial charge in [-0.3, -0.25) is 9.88 Å². The van der Waals surface area contributed by atoms with Crippen LogP contribution in [0.25, 0.3) is 0 Å². The molecule has 3 rings (SSSR count). The molecule has 1 aromatic heterocycles. The quantitative estimate of drug-likeness (QED) is 0.811. The van der Waals surface area contributed by atoms with Crippen LogP contribution in [0.1, 0.15) is 29.3 Å². The fraction of sp³-hybridized carbons (Fsp3) is 0.400. The highest BCUT2D eigenvalue weighted by atomic mass is 16.5. The third-order valence-corrected chi connectivity index (χ3v) is 4.44. The molecule has 0 amide bonds. The van der Waals surface area contributed by atoms with E-state index in [0.717, 1.165) is 59.9 Å². The Balaban J connectivity index is 1.56. The smallest absolute Gasteiger partial charge is 0.123 e. The number of benzene rings is 1. The van der Waals surface area contributed by atoms with Crippen molar-refractivity contribution in [1.82, 2.24) is 9.88 Å². The van der Waals surface area contributed by atoms with Gasteiger partial charge in [0.25, 0.3) is 0 Å². The van der Waals surface area contributed by atoms with Crippen molar-refractivity contribution in [2.24, 2.45) is 0 Å². The van der Waals surface area contributed by atoms with E-state index in [4.69, 9.17) is 9.47 Å². The van der Waals surface area contributed by atoms with Gasteiger partial charge < -0.3 is 9.47 Å². The molecule has 2 aromatic rings. The molecule has 1 aliphatic rings. The van der Waals surface area contributed by atoms with Gasteiger partial charge >= 0.3 is 0 Å². The van der Waals surface area contributed by atoms with Crippen molar-refractivity contribution in [2.75, 3.05) is 26.3 Å². The lowest BCUT2D eigenvalue weighted by molar-refractivity contribution is 0.195. The summed E-state index contributed by atoms with van der Waals surface area (Å²) in [5, 5.41) is 9.33. The molecule has 0 spiro atoms. The summed E-state index contributed by atoms with van der Waals surface area (Å²) in [7, 11) is 0. The zero-order valence-electron chi connectivity index (χ0n) is 14.8. The van der Waals surface area contributed by atoms with Crippen molar-refractivity contribution >= 4 is 0 Å². The number of aromatic nitrogens is 1. The number of hydrogen-bond donors (Lipinski definition) is 0. The minimum absolute atomic E-state index is 0.620. The Morgan fingerprint density at radius 1 is 1.28 bits per heavy atom. The molecule has 0 N–H and O–H groups in total. The lowest BCUT2D eigenvalue weighted by Crippen LogP contribution is -2.34. The predicted octanol–water partition coefficient (Wildman–Crippen LogP) is 3.10. The van der Waals surface area contributed by atoms with Gasteiger partial charge in [0.05, 0.1) is 17.9 Å². The summed E-state index contributed by atoms with van der Waals surface area (Å²) in [6.45, 7) is 7.73. The van der Waals surface area contributed by atoms with E-state index in [1.165, 1.54) is 0 Å². The molecular formula is C20H23N3O2. The van der Waals surface area contributed by atoms with Crippen LogP contribution in [0, 0.1) is 18.3 Å². The van der Waals surface area contributed by atoms with Crippen molar-refractivity contribution in [2.45, 2.75) is 26.8 Å². The van der Waals surface area contributed by atoms with E-state index < -0.39 is 0 Å². The molecule has 0 bridgehead atoms. The molecule has 2 heterocycles. The molecule has 1 aliphatic heterocycles. The monoisotopic (exact) mass is 337 g/mol. The van der Waals surface area contributed by atoms with Gasteiger partial charge in [-0.1, -0.05) is 6.07 Å². The number of fused-ring (bicyclic) bond motifs is 1. The average molecular weight is 337 g/mol. The molecular weight excluding hydrogens is 314 g/mol. The number of hydrogen-bond acceptors (Lipinski definition) is 5. The Morgan fingerprint density at radius 3 is 2.84 bits per heavy atom. The van der Waals surface area contributed by atoms with Crippen LogP contribution < -0.4 is 9.47 Å². The molecule has 0 fully saturated rings. The molecule has 5 nitrogen and oxygen atoms in total. The second kappa shape index (κ2) is 8.00. The Labute approximate surface area is 148 Å². The largest absolute Gasteiger partial charge is 0.494 e. The maximum atomic E-state index is 9.33. The van der Waals surface area contributed by atoms with E-state index in [-0.39, 0.29) is 0 Å². The number of rotatable bonds is 6. The summed E-state index contributed by atoms with van der Waals surface area (Å²) in [6.07, 6.45) is 2.80. The van der Waals surface area contributed by atoms with Crippen LogP contribution in [0.2, 0.25) is 0 Å². The second-order valence-corrected chi connectivity index (χ2v) is 6.12. The van der Waals surface area contributed by atoms with Crippen molar-refractivity contribution < 1.29 is 9.47 Å². The fourth-order valence-electron chi connectivity index (χ4n) is 3.16. The lowest BCUT2D eigenvalue weighted by atomic mass is 9.96. The van der Waals surface area contributed by atoms with Gasteiger partial charge in [0, 0.05) is 31.9 Å². The van der Waals surface area contributed by atoms with Crippen LogP contribution >= 0.6 is 0 Å². The minimum atomic E-state index is 0.620. The first kappa shape index (κ1) is 17.2. The van der Waals surface area contributed by atoms with Crippen LogP contribution in [0.3, 0.4) is 0 Å². The van der Waals surface area contributed by atoms with Crippen LogP contribution in [0.15, 0.2) is 30.5 Å². The van der Waals surface area contributed by atoms with E-state index in [1.54, 1.807) is 0 Å². The zero-order chi connectivity index (χ0) is 17.6. The molecule has 25 heavy (non-hydrogen) atoms. The van der Waals surface area contributed by atoms with Crippen LogP contribution in [0.4, 0.5) is 0 Å². The average Bonchev–Trinajstić information content (AvgIpc) is 2.62. The molecule has 5 heteroatoms. The van der Waals surface area contributed by atoms with Gasteiger partial charge in [-0.15, -0.1) is 0 Å². The number of nitriles is 1.